The Hall–Kier alpha value is -1.38. The van der Waals surface area contributed by atoms with Crippen molar-refractivity contribution in [3.63, 3.8) is 0 Å². The van der Waals surface area contributed by atoms with Crippen LogP contribution in [-0.2, 0) is 22.6 Å². The van der Waals surface area contributed by atoms with E-state index in [4.69, 9.17) is 15.6 Å². The molecule has 8 heteroatoms. The summed E-state index contributed by atoms with van der Waals surface area (Å²) in [6.45, 7) is 6.26. The largest absolute Gasteiger partial charge is 0.480 e. The molecule has 1 aliphatic rings. The van der Waals surface area contributed by atoms with E-state index < -0.39 is 11.2 Å². The summed E-state index contributed by atoms with van der Waals surface area (Å²) in [5.74, 6) is -0.479. The predicted molar refractivity (Wildman–Crippen MR) is 87.4 cm³/mol. The fourth-order valence-electron chi connectivity index (χ4n) is 2.41. The molecule has 1 atom stereocenters. The van der Waals surface area contributed by atoms with Gasteiger partial charge in [0.2, 0.25) is 0 Å². The van der Waals surface area contributed by atoms with Gasteiger partial charge in [0.25, 0.3) is 0 Å². The predicted octanol–water partition coefficient (Wildman–Crippen LogP) is 2.69. The maximum absolute atomic E-state index is 11.0. The number of anilines is 1. The number of hydrogen-bond donors (Lipinski definition) is 2. The number of aliphatic carboxylic acids is 1. The zero-order valence-electron chi connectivity index (χ0n) is 12.5. The molecule has 1 aliphatic heterocycles. The van der Waals surface area contributed by atoms with Gasteiger partial charge >= 0.3 is 5.97 Å². The lowest BCUT2D eigenvalue weighted by atomic mass is 9.94. The first-order chi connectivity index (χ1) is 10.3. The Morgan fingerprint density at radius 1 is 1.50 bits per heavy atom. The summed E-state index contributed by atoms with van der Waals surface area (Å²) < 4.78 is 5.83. The summed E-state index contributed by atoms with van der Waals surface area (Å²) in [6, 6.07) is 0. The summed E-state index contributed by atoms with van der Waals surface area (Å²) in [6.07, 6.45) is 0.772. The lowest BCUT2D eigenvalue weighted by molar-refractivity contribution is -0.136. The van der Waals surface area contributed by atoms with Crippen LogP contribution in [0.15, 0.2) is 5.16 Å². The van der Waals surface area contributed by atoms with Gasteiger partial charge in [0, 0.05) is 11.3 Å². The SMILES string of the molecule is CC(Sc1nc(N)c2c3c(sc2n1)COC(C)(C)C3)C(=O)O. The minimum Gasteiger partial charge on any atom is -0.480 e. The molecule has 6 nitrogen and oxygen atoms in total. The Kier molecular flexibility index (Phi) is 3.78. The highest BCUT2D eigenvalue weighted by molar-refractivity contribution is 8.00. The first-order valence-corrected chi connectivity index (χ1v) is 8.57. The van der Waals surface area contributed by atoms with Crippen LogP contribution in [0.25, 0.3) is 10.2 Å². The zero-order chi connectivity index (χ0) is 16.1. The summed E-state index contributed by atoms with van der Waals surface area (Å²) >= 11 is 2.65. The molecule has 3 N–H and O–H groups in total. The highest BCUT2D eigenvalue weighted by atomic mass is 32.2. The Morgan fingerprint density at radius 2 is 2.23 bits per heavy atom. The van der Waals surface area contributed by atoms with Gasteiger partial charge in [0.15, 0.2) is 5.16 Å². The second kappa shape index (κ2) is 5.36. The van der Waals surface area contributed by atoms with Crippen molar-refractivity contribution in [2.75, 3.05) is 5.73 Å². The Bertz CT molecular complexity index is 757. The molecule has 2 aromatic heterocycles. The fraction of sp³-hybridized carbons (Fsp3) is 0.500. The number of nitrogen functional groups attached to an aromatic ring is 1. The minimum atomic E-state index is -0.895. The lowest BCUT2D eigenvalue weighted by Crippen LogP contribution is -2.31. The summed E-state index contributed by atoms with van der Waals surface area (Å²) in [7, 11) is 0. The molecule has 3 rings (SSSR count). The lowest BCUT2D eigenvalue weighted by Gasteiger charge is -2.30. The Labute approximate surface area is 136 Å². The van der Waals surface area contributed by atoms with E-state index in [2.05, 4.69) is 23.8 Å². The highest BCUT2D eigenvalue weighted by Crippen LogP contribution is 2.40. The topological polar surface area (TPSA) is 98.3 Å². The van der Waals surface area contributed by atoms with Crippen molar-refractivity contribution in [2.45, 2.75) is 49.8 Å². The van der Waals surface area contributed by atoms with Crippen molar-refractivity contribution >= 4 is 45.1 Å². The number of hydrogen-bond acceptors (Lipinski definition) is 7. The van der Waals surface area contributed by atoms with Crippen LogP contribution in [0.1, 0.15) is 31.2 Å². The van der Waals surface area contributed by atoms with E-state index in [-0.39, 0.29) is 5.60 Å². The van der Waals surface area contributed by atoms with Crippen molar-refractivity contribution in [2.24, 2.45) is 0 Å². The number of carboxylic acids is 1. The number of carboxylic acid groups (broad SMARTS) is 1. The molecule has 0 radical (unpaired) electrons. The van der Waals surface area contributed by atoms with Crippen molar-refractivity contribution in [1.82, 2.24) is 9.97 Å². The molecule has 0 saturated carbocycles. The standard InChI is InChI=1S/C14H17N3O3S2/c1-6(12(18)19)21-13-16-10(15)9-7-4-14(2,3)20-5-8(7)22-11(9)17-13/h6H,4-5H2,1-3H3,(H,18,19)(H2,15,16,17). The molecule has 0 fully saturated rings. The molecule has 22 heavy (non-hydrogen) atoms. The number of thioether (sulfide) groups is 1. The van der Waals surface area contributed by atoms with Crippen LogP contribution < -0.4 is 5.73 Å². The van der Waals surface area contributed by atoms with Crippen LogP contribution in [0.3, 0.4) is 0 Å². The number of rotatable bonds is 3. The van der Waals surface area contributed by atoms with E-state index in [9.17, 15) is 4.79 Å². The van der Waals surface area contributed by atoms with E-state index in [0.29, 0.717) is 17.6 Å². The van der Waals surface area contributed by atoms with Crippen molar-refractivity contribution < 1.29 is 14.6 Å². The number of thiophene rings is 1. The number of carbonyl (C=O) groups is 1. The molecule has 0 saturated heterocycles. The van der Waals surface area contributed by atoms with E-state index >= 15 is 0 Å². The number of aromatic nitrogens is 2. The van der Waals surface area contributed by atoms with E-state index in [1.54, 1.807) is 18.3 Å². The zero-order valence-corrected chi connectivity index (χ0v) is 14.2. The third-order valence-electron chi connectivity index (χ3n) is 3.57. The third kappa shape index (κ3) is 2.78. The number of ether oxygens (including phenoxy) is 1. The summed E-state index contributed by atoms with van der Waals surface area (Å²) in [5.41, 5.74) is 7.06. The molecule has 0 amide bonds. The number of nitrogens with zero attached hydrogens (tertiary/aromatic N) is 2. The van der Waals surface area contributed by atoms with Crippen LogP contribution in [-0.4, -0.2) is 31.9 Å². The first kappa shape index (κ1) is 15.5. The van der Waals surface area contributed by atoms with Gasteiger partial charge in [-0.15, -0.1) is 11.3 Å². The van der Waals surface area contributed by atoms with Crippen molar-refractivity contribution in [1.29, 1.82) is 0 Å². The summed E-state index contributed by atoms with van der Waals surface area (Å²) in [5, 5.41) is 9.67. The van der Waals surface area contributed by atoms with E-state index in [0.717, 1.165) is 38.8 Å². The maximum atomic E-state index is 11.0. The van der Waals surface area contributed by atoms with Crippen molar-refractivity contribution in [3.05, 3.63) is 10.4 Å². The first-order valence-electron chi connectivity index (χ1n) is 6.88. The van der Waals surface area contributed by atoms with Crippen LogP contribution in [0.4, 0.5) is 5.82 Å². The van der Waals surface area contributed by atoms with Crippen LogP contribution >= 0.6 is 23.1 Å². The molecule has 3 heterocycles. The van der Waals surface area contributed by atoms with Gasteiger partial charge in [-0.05, 0) is 26.3 Å². The molecule has 0 aliphatic carbocycles. The molecular formula is C14H17N3O3S2. The molecule has 0 spiro atoms. The monoisotopic (exact) mass is 339 g/mol. The van der Waals surface area contributed by atoms with Gasteiger partial charge in [0.1, 0.15) is 15.9 Å². The van der Waals surface area contributed by atoms with Crippen LogP contribution in [0.5, 0.6) is 0 Å². The van der Waals surface area contributed by atoms with Gasteiger partial charge in [-0.1, -0.05) is 11.8 Å². The Morgan fingerprint density at radius 3 is 2.91 bits per heavy atom. The van der Waals surface area contributed by atoms with Crippen molar-refractivity contribution in [3.8, 4) is 0 Å². The molecule has 0 bridgehead atoms. The second-order valence-corrected chi connectivity index (χ2v) is 8.29. The molecule has 118 valence electrons. The number of nitrogens with two attached hydrogens (primary N) is 1. The van der Waals surface area contributed by atoms with E-state index in [1.165, 1.54) is 0 Å². The average molecular weight is 339 g/mol. The normalized spacial score (nSPS) is 18.1. The van der Waals surface area contributed by atoms with Gasteiger partial charge in [-0.2, -0.15) is 0 Å². The molecular weight excluding hydrogens is 322 g/mol. The van der Waals surface area contributed by atoms with Gasteiger partial charge in [0.05, 0.1) is 17.6 Å². The highest BCUT2D eigenvalue weighted by Gasteiger charge is 2.30. The van der Waals surface area contributed by atoms with Crippen LogP contribution in [0.2, 0.25) is 0 Å². The fourth-order valence-corrected chi connectivity index (χ4v) is 4.29. The van der Waals surface area contributed by atoms with Gasteiger partial charge in [-0.25, -0.2) is 9.97 Å². The Balaban J connectivity index is 2.04. The smallest absolute Gasteiger partial charge is 0.316 e. The minimum absolute atomic E-state index is 0.224. The second-order valence-electron chi connectivity index (χ2n) is 5.90. The molecule has 1 unspecified atom stereocenters. The quantitative estimate of drug-likeness (QED) is 0.655. The molecule has 2 aromatic rings. The average Bonchev–Trinajstić information content (AvgIpc) is 2.75. The van der Waals surface area contributed by atoms with Gasteiger partial charge in [-0.3, -0.25) is 4.79 Å². The summed E-state index contributed by atoms with van der Waals surface area (Å²) in [4.78, 5) is 21.7. The molecule has 0 aromatic carbocycles. The maximum Gasteiger partial charge on any atom is 0.316 e. The van der Waals surface area contributed by atoms with E-state index in [1.807, 2.05) is 0 Å². The van der Waals surface area contributed by atoms with Crippen LogP contribution in [0, 0.1) is 0 Å². The van der Waals surface area contributed by atoms with Gasteiger partial charge < -0.3 is 15.6 Å². The third-order valence-corrected chi connectivity index (χ3v) is 5.62. The number of fused-ring (bicyclic) bond motifs is 3.